The molecule has 2 aliphatic heterocycles. The van der Waals surface area contributed by atoms with E-state index in [0.29, 0.717) is 18.0 Å². The summed E-state index contributed by atoms with van der Waals surface area (Å²) in [5, 5.41) is 8.82. The van der Waals surface area contributed by atoms with Gasteiger partial charge in [-0.3, -0.25) is 5.32 Å². The van der Waals surface area contributed by atoms with E-state index >= 15 is 0 Å². The number of urea groups is 1. The molecule has 8 nitrogen and oxygen atoms in total. The molecule has 2 amide bonds. The van der Waals surface area contributed by atoms with Crippen molar-refractivity contribution >= 4 is 6.03 Å². The van der Waals surface area contributed by atoms with E-state index in [0.717, 1.165) is 25.9 Å². The summed E-state index contributed by atoms with van der Waals surface area (Å²) in [6.07, 6.45) is 5.80. The van der Waals surface area contributed by atoms with E-state index in [4.69, 9.17) is 0 Å². The molecular formula is C14H29N7O. The summed E-state index contributed by atoms with van der Waals surface area (Å²) < 4.78 is 0. The Morgan fingerprint density at radius 1 is 1.36 bits per heavy atom. The number of hydrogen-bond donors (Lipinski definition) is 5. The Bertz CT molecular complexity index is 393. The molecule has 3 rings (SSSR count). The van der Waals surface area contributed by atoms with Gasteiger partial charge < -0.3 is 10.2 Å². The molecule has 126 valence electrons. The highest BCUT2D eigenvalue weighted by Crippen LogP contribution is 2.30. The van der Waals surface area contributed by atoms with Crippen LogP contribution in [0.25, 0.3) is 0 Å². The van der Waals surface area contributed by atoms with E-state index in [9.17, 15) is 4.79 Å². The number of rotatable bonds is 6. The van der Waals surface area contributed by atoms with Crippen LogP contribution in [-0.2, 0) is 0 Å². The number of fused-ring (bicyclic) bond motifs is 1. The second-order valence-electron chi connectivity index (χ2n) is 6.65. The third kappa shape index (κ3) is 3.36. The Kier molecular flexibility index (Phi) is 5.14. The van der Waals surface area contributed by atoms with Gasteiger partial charge in [-0.1, -0.05) is 13.3 Å². The van der Waals surface area contributed by atoms with E-state index < -0.39 is 0 Å². The Labute approximate surface area is 132 Å². The number of amides is 2. The van der Waals surface area contributed by atoms with Crippen LogP contribution in [0.4, 0.5) is 4.79 Å². The fraction of sp³-hybridized carbons (Fsp3) is 0.929. The second-order valence-corrected chi connectivity index (χ2v) is 6.65. The van der Waals surface area contributed by atoms with Crippen LogP contribution in [0.2, 0.25) is 0 Å². The molecule has 0 aromatic heterocycles. The first-order valence-corrected chi connectivity index (χ1v) is 8.48. The number of hydrogen-bond acceptors (Lipinski definition) is 6. The molecule has 4 unspecified atom stereocenters. The van der Waals surface area contributed by atoms with Crippen LogP contribution in [0, 0.1) is 5.92 Å². The smallest absolute Gasteiger partial charge is 0.317 e. The first-order chi connectivity index (χ1) is 10.7. The maximum Gasteiger partial charge on any atom is 0.317 e. The minimum absolute atomic E-state index is 0.0835. The standard InChI is InChI=1S/C14H29N7O/c1-3-4-7-21-13(17-18-19-21)15-9-10-5-6-11-12(8-10)20(2)14(22)16-11/h10-13,15,17-19H,3-9H2,1-2H3,(H,16,22). The first kappa shape index (κ1) is 15.9. The fourth-order valence-corrected chi connectivity index (χ4v) is 3.69. The highest BCUT2D eigenvalue weighted by atomic mass is 16.2. The summed E-state index contributed by atoms with van der Waals surface area (Å²) in [5.41, 5.74) is 9.29. The van der Waals surface area contributed by atoms with Crippen molar-refractivity contribution < 1.29 is 4.79 Å². The monoisotopic (exact) mass is 311 g/mol. The van der Waals surface area contributed by atoms with Gasteiger partial charge in [0, 0.05) is 20.1 Å². The molecule has 0 spiro atoms. The van der Waals surface area contributed by atoms with E-state index in [2.05, 4.69) is 39.1 Å². The number of carbonyl (C=O) groups is 1. The lowest BCUT2D eigenvalue weighted by Gasteiger charge is -2.34. The lowest BCUT2D eigenvalue weighted by Crippen LogP contribution is -2.52. The highest BCUT2D eigenvalue weighted by Gasteiger charge is 2.41. The number of nitrogens with zero attached hydrogens (tertiary/aromatic N) is 2. The van der Waals surface area contributed by atoms with Gasteiger partial charge in [-0.05, 0) is 31.6 Å². The van der Waals surface area contributed by atoms with Crippen molar-refractivity contribution in [1.82, 2.24) is 37.0 Å². The van der Waals surface area contributed by atoms with Crippen LogP contribution in [0.15, 0.2) is 0 Å². The molecule has 3 aliphatic rings. The van der Waals surface area contributed by atoms with Crippen molar-refractivity contribution in [2.24, 2.45) is 5.92 Å². The molecule has 1 saturated carbocycles. The Morgan fingerprint density at radius 2 is 2.23 bits per heavy atom. The molecule has 0 aromatic carbocycles. The zero-order valence-corrected chi connectivity index (χ0v) is 13.6. The van der Waals surface area contributed by atoms with Crippen molar-refractivity contribution in [3.8, 4) is 0 Å². The van der Waals surface area contributed by atoms with Gasteiger partial charge in [0.1, 0.15) is 6.29 Å². The van der Waals surface area contributed by atoms with Crippen LogP contribution in [0.3, 0.4) is 0 Å². The van der Waals surface area contributed by atoms with Crippen LogP contribution in [0.1, 0.15) is 39.0 Å². The van der Waals surface area contributed by atoms with Gasteiger partial charge in [0.25, 0.3) is 0 Å². The molecule has 0 bridgehead atoms. The molecule has 0 aromatic rings. The van der Waals surface area contributed by atoms with Gasteiger partial charge in [0.05, 0.1) is 12.1 Å². The quantitative estimate of drug-likeness (QED) is 0.462. The zero-order valence-electron chi connectivity index (χ0n) is 13.6. The van der Waals surface area contributed by atoms with Gasteiger partial charge in [0.2, 0.25) is 0 Å². The number of nitrogens with one attached hydrogen (secondary N) is 5. The molecule has 2 heterocycles. The van der Waals surface area contributed by atoms with E-state index in [1.54, 1.807) is 0 Å². The Balaban J connectivity index is 1.45. The maximum absolute atomic E-state index is 11.7. The summed E-state index contributed by atoms with van der Waals surface area (Å²) in [6, 6.07) is 0.792. The number of likely N-dealkylation sites (N-methyl/N-ethyl adjacent to an activating group) is 1. The zero-order chi connectivity index (χ0) is 15.5. The summed E-state index contributed by atoms with van der Waals surface area (Å²) in [7, 11) is 1.91. The summed E-state index contributed by atoms with van der Waals surface area (Å²) >= 11 is 0. The average molecular weight is 311 g/mol. The Morgan fingerprint density at radius 3 is 3.05 bits per heavy atom. The van der Waals surface area contributed by atoms with E-state index in [-0.39, 0.29) is 12.3 Å². The SMILES string of the molecule is CCCCN1NNNC1NCC1CCC2NC(=O)N(C)C2C1. The van der Waals surface area contributed by atoms with Crippen molar-refractivity contribution in [3.05, 3.63) is 0 Å². The molecule has 1 aliphatic carbocycles. The topological polar surface area (TPSA) is 83.7 Å². The van der Waals surface area contributed by atoms with Gasteiger partial charge in [0.15, 0.2) is 0 Å². The highest BCUT2D eigenvalue weighted by molar-refractivity contribution is 5.77. The summed E-state index contributed by atoms with van der Waals surface area (Å²) in [6.45, 7) is 4.17. The molecule has 8 heteroatoms. The normalized spacial score (nSPS) is 35.7. The fourth-order valence-electron chi connectivity index (χ4n) is 3.69. The van der Waals surface area contributed by atoms with Crippen molar-refractivity contribution in [2.75, 3.05) is 20.1 Å². The van der Waals surface area contributed by atoms with Crippen molar-refractivity contribution in [2.45, 2.75) is 57.4 Å². The molecule has 2 saturated heterocycles. The molecule has 22 heavy (non-hydrogen) atoms. The molecule has 5 N–H and O–H groups in total. The van der Waals surface area contributed by atoms with Crippen LogP contribution in [0.5, 0.6) is 0 Å². The predicted octanol–water partition coefficient (Wildman–Crippen LogP) is -0.319. The Hall–Kier alpha value is -0.930. The number of carbonyl (C=O) groups excluding carboxylic acids is 1. The molecule has 4 atom stereocenters. The maximum atomic E-state index is 11.7. The largest absolute Gasteiger partial charge is 0.333 e. The summed E-state index contributed by atoms with van der Waals surface area (Å²) in [4.78, 5) is 13.6. The lowest BCUT2D eigenvalue weighted by molar-refractivity contribution is 0.131. The van der Waals surface area contributed by atoms with Gasteiger partial charge in [-0.2, -0.15) is 16.1 Å². The van der Waals surface area contributed by atoms with Crippen molar-refractivity contribution in [1.29, 1.82) is 0 Å². The van der Waals surface area contributed by atoms with Crippen LogP contribution >= 0.6 is 0 Å². The molecule has 3 fully saturated rings. The first-order valence-electron chi connectivity index (χ1n) is 8.48. The third-order valence-electron chi connectivity index (χ3n) is 5.12. The second kappa shape index (κ2) is 7.10. The third-order valence-corrected chi connectivity index (χ3v) is 5.12. The predicted molar refractivity (Wildman–Crippen MR) is 84.0 cm³/mol. The summed E-state index contributed by atoms with van der Waals surface area (Å²) in [5.74, 6) is 0.617. The number of unbranched alkanes of at least 4 members (excludes halogenated alkanes) is 1. The number of hydrazine groups is 3. The molecule has 0 radical (unpaired) electrons. The van der Waals surface area contributed by atoms with Gasteiger partial charge in [-0.15, -0.1) is 0 Å². The molecular weight excluding hydrogens is 282 g/mol. The van der Waals surface area contributed by atoms with Crippen LogP contribution < -0.4 is 27.1 Å². The van der Waals surface area contributed by atoms with Crippen molar-refractivity contribution in [3.63, 3.8) is 0 Å². The van der Waals surface area contributed by atoms with Gasteiger partial charge in [-0.25, -0.2) is 10.2 Å². The minimum atomic E-state index is 0.0835. The van der Waals surface area contributed by atoms with Gasteiger partial charge >= 0.3 is 6.03 Å². The lowest BCUT2D eigenvalue weighted by atomic mass is 9.82. The van der Waals surface area contributed by atoms with E-state index in [1.165, 1.54) is 19.3 Å². The minimum Gasteiger partial charge on any atom is -0.333 e. The van der Waals surface area contributed by atoms with Crippen LogP contribution in [-0.4, -0.2) is 54.5 Å². The van der Waals surface area contributed by atoms with E-state index in [1.807, 2.05) is 11.9 Å². The average Bonchev–Trinajstić information content (AvgIpc) is 3.08.